The molecule has 0 saturated heterocycles. The number of benzene rings is 2. The second-order valence-electron chi connectivity index (χ2n) is 7.53. The maximum Gasteiger partial charge on any atom is 0.274 e. The monoisotopic (exact) mass is 458 g/mol. The van der Waals surface area contributed by atoms with E-state index in [1.807, 2.05) is 36.4 Å². The van der Waals surface area contributed by atoms with Gasteiger partial charge in [-0.1, -0.05) is 0 Å². The molecule has 1 amide bonds. The molecule has 5 aromatic rings. The topological polar surface area (TPSA) is 113 Å². The van der Waals surface area contributed by atoms with Gasteiger partial charge in [0.05, 0.1) is 23.3 Å². The van der Waals surface area contributed by atoms with E-state index in [1.54, 1.807) is 55.0 Å². The van der Waals surface area contributed by atoms with Crippen LogP contribution in [0.3, 0.4) is 0 Å². The average Bonchev–Trinajstić information content (AvgIpc) is 2.91. The van der Waals surface area contributed by atoms with Crippen molar-refractivity contribution in [3.8, 4) is 17.6 Å². The van der Waals surface area contributed by atoms with Crippen LogP contribution in [-0.4, -0.2) is 20.9 Å². The van der Waals surface area contributed by atoms with E-state index < -0.39 is 0 Å². The molecular formula is C27H18N6O2. The van der Waals surface area contributed by atoms with Crippen molar-refractivity contribution in [1.82, 2.24) is 15.0 Å². The third kappa shape index (κ3) is 5.05. The highest BCUT2D eigenvalue weighted by atomic mass is 16.5. The molecular weight excluding hydrogens is 440 g/mol. The van der Waals surface area contributed by atoms with Gasteiger partial charge in [0.1, 0.15) is 17.2 Å². The minimum absolute atomic E-state index is 0.252. The number of aromatic nitrogens is 3. The van der Waals surface area contributed by atoms with E-state index in [-0.39, 0.29) is 11.6 Å². The third-order valence-corrected chi connectivity index (χ3v) is 5.14. The Hall–Kier alpha value is -5.29. The summed E-state index contributed by atoms with van der Waals surface area (Å²) in [6.07, 6.45) is 6.54. The number of pyridine rings is 3. The van der Waals surface area contributed by atoms with Crippen LogP contribution in [0.5, 0.6) is 11.5 Å². The lowest BCUT2D eigenvalue weighted by Crippen LogP contribution is -2.13. The Labute approximate surface area is 200 Å². The summed E-state index contributed by atoms with van der Waals surface area (Å²) in [5.74, 6) is 0.675. The quantitative estimate of drug-likeness (QED) is 0.336. The molecule has 2 N–H and O–H groups in total. The van der Waals surface area contributed by atoms with Crippen molar-refractivity contribution in [2.24, 2.45) is 0 Å². The van der Waals surface area contributed by atoms with Gasteiger partial charge in [0.2, 0.25) is 0 Å². The zero-order chi connectivity index (χ0) is 24.0. The molecule has 0 fully saturated rings. The number of hydrogen-bond acceptors (Lipinski definition) is 7. The van der Waals surface area contributed by atoms with Gasteiger partial charge in [-0.25, -0.2) is 4.98 Å². The molecule has 8 nitrogen and oxygen atoms in total. The number of hydrogen-bond donors (Lipinski definition) is 2. The number of nitrogens with zero attached hydrogens (tertiary/aromatic N) is 4. The molecule has 0 saturated carbocycles. The molecule has 8 heteroatoms. The molecule has 3 heterocycles. The smallest absolute Gasteiger partial charge is 0.274 e. The first-order valence-electron chi connectivity index (χ1n) is 10.7. The molecule has 5 rings (SSSR count). The van der Waals surface area contributed by atoms with Gasteiger partial charge < -0.3 is 15.4 Å². The Bertz CT molecular complexity index is 1530. The molecule has 0 aliphatic heterocycles. The number of ether oxygens (including phenoxy) is 1. The Morgan fingerprint density at radius 1 is 0.829 bits per heavy atom. The number of anilines is 3. The van der Waals surface area contributed by atoms with Crippen molar-refractivity contribution in [3.05, 3.63) is 109 Å². The fraction of sp³-hybridized carbons (Fsp3) is 0. The Kier molecular flexibility index (Phi) is 5.96. The van der Waals surface area contributed by atoms with Gasteiger partial charge in [0, 0.05) is 41.0 Å². The van der Waals surface area contributed by atoms with E-state index in [9.17, 15) is 10.1 Å². The second-order valence-corrected chi connectivity index (χ2v) is 7.53. The highest BCUT2D eigenvalue weighted by Gasteiger charge is 2.10. The fourth-order valence-corrected chi connectivity index (χ4v) is 3.42. The molecule has 0 spiro atoms. The van der Waals surface area contributed by atoms with Gasteiger partial charge in [-0.15, -0.1) is 0 Å². The first-order valence-corrected chi connectivity index (χ1v) is 10.7. The first kappa shape index (κ1) is 21.6. The van der Waals surface area contributed by atoms with Crippen LogP contribution >= 0.6 is 0 Å². The van der Waals surface area contributed by atoms with Crippen molar-refractivity contribution < 1.29 is 9.53 Å². The summed E-state index contributed by atoms with van der Waals surface area (Å²) < 4.78 is 5.95. The summed E-state index contributed by atoms with van der Waals surface area (Å²) in [4.78, 5) is 25.2. The number of nitrogens with one attached hydrogen (secondary N) is 2. The standard InChI is InChI=1S/C27H18N6O2/c28-16-18-1-7-24-23(15-18)26(11-14-30-24)35-22-6-8-25(31-17-22)27(34)33-20-4-2-19(3-5-20)32-21-9-12-29-13-10-21/h1-15,17H,(H,29,32)(H,33,34). The van der Waals surface area contributed by atoms with Crippen LogP contribution in [0.4, 0.5) is 17.1 Å². The molecule has 3 aromatic heterocycles. The molecule has 0 aliphatic rings. The van der Waals surface area contributed by atoms with E-state index in [2.05, 4.69) is 31.7 Å². The van der Waals surface area contributed by atoms with E-state index in [0.717, 1.165) is 16.8 Å². The van der Waals surface area contributed by atoms with Gasteiger partial charge >= 0.3 is 0 Å². The average molecular weight is 458 g/mol. The summed E-state index contributed by atoms with van der Waals surface area (Å²) in [5.41, 5.74) is 3.94. The van der Waals surface area contributed by atoms with E-state index in [0.29, 0.717) is 28.3 Å². The number of carbonyl (C=O) groups excluding carboxylic acids is 1. The minimum atomic E-state index is -0.334. The number of carbonyl (C=O) groups is 1. The molecule has 0 atom stereocenters. The van der Waals surface area contributed by atoms with Crippen LogP contribution in [-0.2, 0) is 0 Å². The predicted molar refractivity (Wildman–Crippen MR) is 133 cm³/mol. The van der Waals surface area contributed by atoms with Crippen LogP contribution in [0, 0.1) is 11.3 Å². The Morgan fingerprint density at radius 2 is 1.60 bits per heavy atom. The number of rotatable bonds is 6. The molecule has 2 aromatic carbocycles. The van der Waals surface area contributed by atoms with Crippen molar-refractivity contribution >= 4 is 33.9 Å². The minimum Gasteiger partial charge on any atom is -0.455 e. The highest BCUT2D eigenvalue weighted by Crippen LogP contribution is 2.29. The van der Waals surface area contributed by atoms with Crippen molar-refractivity contribution in [3.63, 3.8) is 0 Å². The predicted octanol–water partition coefficient (Wildman–Crippen LogP) is 5.68. The van der Waals surface area contributed by atoms with Crippen LogP contribution in [0.2, 0.25) is 0 Å². The van der Waals surface area contributed by atoms with Crippen molar-refractivity contribution in [1.29, 1.82) is 5.26 Å². The van der Waals surface area contributed by atoms with Gasteiger partial charge in [-0.3, -0.25) is 14.8 Å². The fourth-order valence-electron chi connectivity index (χ4n) is 3.42. The summed E-state index contributed by atoms with van der Waals surface area (Å²) in [7, 11) is 0. The lowest BCUT2D eigenvalue weighted by molar-refractivity contribution is 0.102. The third-order valence-electron chi connectivity index (χ3n) is 5.14. The van der Waals surface area contributed by atoms with E-state index in [1.165, 1.54) is 6.20 Å². The number of nitriles is 1. The summed E-state index contributed by atoms with van der Waals surface area (Å²) in [6.45, 7) is 0. The molecule has 168 valence electrons. The van der Waals surface area contributed by atoms with Gasteiger partial charge in [-0.2, -0.15) is 5.26 Å². The van der Waals surface area contributed by atoms with Crippen LogP contribution in [0.15, 0.2) is 97.6 Å². The summed E-state index contributed by atoms with van der Waals surface area (Å²) >= 11 is 0. The van der Waals surface area contributed by atoms with Crippen molar-refractivity contribution in [2.75, 3.05) is 10.6 Å². The maximum absolute atomic E-state index is 12.6. The second kappa shape index (κ2) is 9.68. The highest BCUT2D eigenvalue weighted by molar-refractivity contribution is 6.03. The summed E-state index contributed by atoms with van der Waals surface area (Å²) in [5, 5.41) is 16.0. The lowest BCUT2D eigenvalue weighted by Gasteiger charge is -2.10. The SMILES string of the molecule is N#Cc1ccc2nccc(Oc3ccc(C(=O)Nc4ccc(Nc5ccncc5)cc4)nc3)c2c1. The zero-order valence-electron chi connectivity index (χ0n) is 18.3. The molecule has 0 unspecified atom stereocenters. The molecule has 0 radical (unpaired) electrons. The Balaban J connectivity index is 1.25. The molecule has 0 aliphatic carbocycles. The van der Waals surface area contributed by atoms with Crippen molar-refractivity contribution in [2.45, 2.75) is 0 Å². The van der Waals surface area contributed by atoms with Crippen LogP contribution < -0.4 is 15.4 Å². The van der Waals surface area contributed by atoms with Gasteiger partial charge in [0.25, 0.3) is 5.91 Å². The number of amides is 1. The van der Waals surface area contributed by atoms with Gasteiger partial charge in [0.15, 0.2) is 0 Å². The molecule has 35 heavy (non-hydrogen) atoms. The summed E-state index contributed by atoms with van der Waals surface area (Å²) in [6, 6.07) is 23.4. The number of fused-ring (bicyclic) bond motifs is 1. The van der Waals surface area contributed by atoms with Gasteiger partial charge in [-0.05, 0) is 72.8 Å². The maximum atomic E-state index is 12.6. The normalized spacial score (nSPS) is 10.4. The zero-order valence-corrected chi connectivity index (χ0v) is 18.3. The van der Waals surface area contributed by atoms with Crippen LogP contribution in [0.25, 0.3) is 10.9 Å². The lowest BCUT2D eigenvalue weighted by atomic mass is 10.1. The van der Waals surface area contributed by atoms with E-state index in [4.69, 9.17) is 4.74 Å². The first-order chi connectivity index (χ1) is 17.2. The van der Waals surface area contributed by atoms with E-state index >= 15 is 0 Å². The Morgan fingerprint density at radius 3 is 2.34 bits per heavy atom. The van der Waals surface area contributed by atoms with Crippen LogP contribution in [0.1, 0.15) is 16.1 Å². The largest absolute Gasteiger partial charge is 0.455 e. The molecule has 0 bridgehead atoms.